The van der Waals surface area contributed by atoms with Gasteiger partial charge in [-0.25, -0.2) is 0 Å². The molecule has 0 aromatic heterocycles. The van der Waals surface area contributed by atoms with Gasteiger partial charge in [0.15, 0.2) is 0 Å². The molecule has 0 aliphatic carbocycles. The number of nitrogens with one attached hydrogen (secondary N) is 1. The number of ether oxygens (including phenoxy) is 1. The fourth-order valence-electron chi connectivity index (χ4n) is 2.04. The summed E-state index contributed by atoms with van der Waals surface area (Å²) in [7, 11) is 0. The largest absolute Gasteiger partial charge is 0.494 e. The number of carbonyl (C=O) groups excluding carboxylic acids is 1. The average Bonchev–Trinajstić information content (AvgIpc) is 2.43. The van der Waals surface area contributed by atoms with Gasteiger partial charge in [-0.15, -0.1) is 0 Å². The zero-order valence-electron chi connectivity index (χ0n) is 12.6. The topological polar surface area (TPSA) is 75.6 Å². The van der Waals surface area contributed by atoms with Gasteiger partial charge in [-0.1, -0.05) is 19.1 Å². The number of rotatable bonds is 9. The highest BCUT2D eigenvalue weighted by molar-refractivity contribution is 5.73. The Hall–Kier alpha value is -2.04. The number of benzene rings is 1. The zero-order valence-corrected chi connectivity index (χ0v) is 12.6. The van der Waals surface area contributed by atoms with Crippen molar-refractivity contribution in [3.05, 3.63) is 29.8 Å². The van der Waals surface area contributed by atoms with Crippen molar-refractivity contribution in [2.45, 2.75) is 45.6 Å². The lowest BCUT2D eigenvalue weighted by Gasteiger charge is -2.17. The second kappa shape index (κ2) is 9.00. The summed E-state index contributed by atoms with van der Waals surface area (Å²) in [5.74, 6) is -0.177. The van der Waals surface area contributed by atoms with Gasteiger partial charge in [0.25, 0.3) is 0 Å². The van der Waals surface area contributed by atoms with E-state index < -0.39 is 5.97 Å². The van der Waals surface area contributed by atoms with Crippen LogP contribution in [0.4, 0.5) is 0 Å². The van der Waals surface area contributed by atoms with Crippen LogP contribution in [0.3, 0.4) is 0 Å². The van der Waals surface area contributed by atoms with Crippen molar-refractivity contribution in [1.29, 1.82) is 0 Å². The van der Waals surface area contributed by atoms with Gasteiger partial charge >= 0.3 is 5.97 Å². The van der Waals surface area contributed by atoms with E-state index in [1.807, 2.05) is 24.3 Å². The van der Waals surface area contributed by atoms with E-state index in [9.17, 15) is 9.59 Å². The molecule has 0 aliphatic rings. The molecule has 0 saturated carbocycles. The first-order chi connectivity index (χ1) is 10.0. The number of amides is 1. The summed E-state index contributed by atoms with van der Waals surface area (Å²) in [6.45, 7) is 4.18. The fourth-order valence-corrected chi connectivity index (χ4v) is 2.04. The van der Waals surface area contributed by atoms with E-state index in [4.69, 9.17) is 9.84 Å². The maximum absolute atomic E-state index is 11.2. The molecule has 1 unspecified atom stereocenters. The summed E-state index contributed by atoms with van der Waals surface area (Å²) in [4.78, 5) is 21.8. The van der Waals surface area contributed by atoms with Crippen LogP contribution in [0.1, 0.15) is 38.7 Å². The molecule has 0 aliphatic heterocycles. The molecule has 1 amide bonds. The predicted octanol–water partition coefficient (Wildman–Crippen LogP) is 2.39. The number of carboxylic acid groups (broad SMARTS) is 1. The van der Waals surface area contributed by atoms with Crippen molar-refractivity contribution >= 4 is 11.9 Å². The Balaban J connectivity index is 2.59. The molecular formula is C16H23NO4. The van der Waals surface area contributed by atoms with Crippen LogP contribution in [0.5, 0.6) is 5.75 Å². The fraction of sp³-hybridized carbons (Fsp3) is 0.500. The third kappa shape index (κ3) is 7.34. The van der Waals surface area contributed by atoms with Gasteiger partial charge in [0.2, 0.25) is 5.91 Å². The summed E-state index contributed by atoms with van der Waals surface area (Å²) in [5, 5.41) is 11.6. The van der Waals surface area contributed by atoms with Gasteiger partial charge in [-0.2, -0.15) is 0 Å². The van der Waals surface area contributed by atoms with E-state index in [1.54, 1.807) is 0 Å². The molecule has 116 valence electrons. The first-order valence-corrected chi connectivity index (χ1v) is 7.22. The zero-order chi connectivity index (χ0) is 15.7. The molecule has 1 rings (SSSR count). The standard InChI is InChI=1S/C16H23NO4/c1-3-10-21-15-7-4-13(5-8-15)11-14(17-12(2)18)6-9-16(19)20/h4-5,7-8,14H,3,6,9-11H2,1-2H3,(H,17,18)(H,19,20). The van der Waals surface area contributed by atoms with Crippen LogP contribution in [-0.4, -0.2) is 29.6 Å². The lowest BCUT2D eigenvalue weighted by atomic mass is 10.0. The Morgan fingerprint density at radius 1 is 1.29 bits per heavy atom. The molecule has 5 heteroatoms. The van der Waals surface area contributed by atoms with E-state index in [2.05, 4.69) is 12.2 Å². The molecule has 21 heavy (non-hydrogen) atoms. The highest BCUT2D eigenvalue weighted by atomic mass is 16.5. The third-order valence-electron chi connectivity index (χ3n) is 2.99. The van der Waals surface area contributed by atoms with Gasteiger partial charge in [-0.3, -0.25) is 9.59 Å². The van der Waals surface area contributed by atoms with Crippen molar-refractivity contribution in [3.8, 4) is 5.75 Å². The van der Waals surface area contributed by atoms with Crippen molar-refractivity contribution in [3.63, 3.8) is 0 Å². The molecule has 0 bridgehead atoms. The van der Waals surface area contributed by atoms with Crippen molar-refractivity contribution in [2.75, 3.05) is 6.61 Å². The third-order valence-corrected chi connectivity index (χ3v) is 2.99. The minimum atomic E-state index is -0.853. The molecule has 0 fully saturated rings. The van der Waals surface area contributed by atoms with Crippen LogP contribution >= 0.6 is 0 Å². The lowest BCUT2D eigenvalue weighted by Crippen LogP contribution is -2.35. The molecule has 1 aromatic rings. The highest BCUT2D eigenvalue weighted by Crippen LogP contribution is 2.15. The summed E-state index contributed by atoms with van der Waals surface area (Å²) in [6, 6.07) is 7.52. The molecule has 1 atom stereocenters. The van der Waals surface area contributed by atoms with E-state index in [-0.39, 0.29) is 18.4 Å². The summed E-state index contributed by atoms with van der Waals surface area (Å²) in [5.41, 5.74) is 1.04. The molecule has 2 N–H and O–H groups in total. The summed E-state index contributed by atoms with van der Waals surface area (Å²) < 4.78 is 5.51. The van der Waals surface area contributed by atoms with Gasteiger partial charge in [0.05, 0.1) is 6.61 Å². The maximum atomic E-state index is 11.2. The Labute approximate surface area is 125 Å². The Bertz CT molecular complexity index is 456. The minimum Gasteiger partial charge on any atom is -0.494 e. The van der Waals surface area contributed by atoms with Crippen LogP contribution < -0.4 is 10.1 Å². The Morgan fingerprint density at radius 2 is 1.95 bits per heavy atom. The Morgan fingerprint density at radius 3 is 2.48 bits per heavy atom. The van der Waals surface area contributed by atoms with Crippen LogP contribution in [-0.2, 0) is 16.0 Å². The average molecular weight is 293 g/mol. The monoisotopic (exact) mass is 293 g/mol. The van der Waals surface area contributed by atoms with Crippen LogP contribution in [0.2, 0.25) is 0 Å². The number of hydrogen-bond acceptors (Lipinski definition) is 3. The van der Waals surface area contributed by atoms with Gasteiger partial charge < -0.3 is 15.2 Å². The van der Waals surface area contributed by atoms with Crippen molar-refractivity contribution in [2.24, 2.45) is 0 Å². The quantitative estimate of drug-likeness (QED) is 0.733. The highest BCUT2D eigenvalue weighted by Gasteiger charge is 2.13. The first-order valence-electron chi connectivity index (χ1n) is 7.22. The number of hydrogen-bond donors (Lipinski definition) is 2. The van der Waals surface area contributed by atoms with E-state index >= 15 is 0 Å². The summed E-state index contributed by atoms with van der Waals surface area (Å²) >= 11 is 0. The molecular weight excluding hydrogens is 270 g/mol. The van der Waals surface area contributed by atoms with Crippen LogP contribution in [0, 0.1) is 0 Å². The molecule has 0 radical (unpaired) electrons. The number of carbonyl (C=O) groups is 2. The normalized spacial score (nSPS) is 11.7. The molecule has 0 heterocycles. The molecule has 5 nitrogen and oxygen atoms in total. The molecule has 0 saturated heterocycles. The van der Waals surface area contributed by atoms with E-state index in [0.717, 1.165) is 17.7 Å². The van der Waals surface area contributed by atoms with Gasteiger partial charge in [0, 0.05) is 19.4 Å². The summed E-state index contributed by atoms with van der Waals surface area (Å²) in [6.07, 6.45) is 2.04. The van der Waals surface area contributed by atoms with Crippen molar-refractivity contribution < 1.29 is 19.4 Å². The number of aliphatic carboxylic acids is 1. The maximum Gasteiger partial charge on any atom is 0.303 e. The smallest absolute Gasteiger partial charge is 0.303 e. The van der Waals surface area contributed by atoms with Gasteiger partial charge in [0.1, 0.15) is 5.75 Å². The van der Waals surface area contributed by atoms with Crippen LogP contribution in [0.15, 0.2) is 24.3 Å². The van der Waals surface area contributed by atoms with E-state index in [0.29, 0.717) is 19.4 Å². The van der Waals surface area contributed by atoms with Crippen LogP contribution in [0.25, 0.3) is 0 Å². The number of carboxylic acids is 1. The molecule has 1 aromatic carbocycles. The predicted molar refractivity (Wildman–Crippen MR) is 80.4 cm³/mol. The second-order valence-corrected chi connectivity index (χ2v) is 5.03. The molecule has 0 spiro atoms. The van der Waals surface area contributed by atoms with Crippen molar-refractivity contribution in [1.82, 2.24) is 5.32 Å². The van der Waals surface area contributed by atoms with Gasteiger partial charge in [-0.05, 0) is 37.0 Å². The van der Waals surface area contributed by atoms with E-state index in [1.165, 1.54) is 6.92 Å². The second-order valence-electron chi connectivity index (χ2n) is 5.03. The SMILES string of the molecule is CCCOc1ccc(CC(CCC(=O)O)NC(C)=O)cc1. The minimum absolute atomic E-state index is 0.0443. The Kier molecular flexibility index (Phi) is 7.29. The first kappa shape index (κ1) is 17.0. The lowest BCUT2D eigenvalue weighted by molar-refractivity contribution is -0.137.